The molecule has 0 aliphatic rings. The van der Waals surface area contributed by atoms with Crippen molar-refractivity contribution in [1.82, 2.24) is 10.3 Å². The van der Waals surface area contributed by atoms with E-state index in [1.807, 2.05) is 11.4 Å². The maximum Gasteiger partial charge on any atom is 0.225 e. The van der Waals surface area contributed by atoms with Crippen LogP contribution in [0, 0.1) is 0 Å². The second kappa shape index (κ2) is 5.37. The molecule has 0 saturated heterocycles. The van der Waals surface area contributed by atoms with Crippen LogP contribution >= 0.6 is 22.9 Å². The molecule has 2 rings (SSSR count). The Kier molecular flexibility index (Phi) is 3.84. The highest BCUT2D eigenvalue weighted by Gasteiger charge is 2.08. The minimum absolute atomic E-state index is 0.0533. The standard InChI is InChI=1S/C12H12ClN3OS/c1-15-11(17)5-8-6-18-12(16-8)7-2-3-9(13)10(14)4-7/h2-4,6H,5,14H2,1H3,(H,15,17). The lowest BCUT2D eigenvalue weighted by Gasteiger charge is -2.00. The van der Waals surface area contributed by atoms with Gasteiger partial charge in [-0.25, -0.2) is 4.98 Å². The van der Waals surface area contributed by atoms with Crippen LogP contribution in [0.15, 0.2) is 23.6 Å². The van der Waals surface area contributed by atoms with Gasteiger partial charge in [-0.1, -0.05) is 17.7 Å². The van der Waals surface area contributed by atoms with E-state index in [9.17, 15) is 4.79 Å². The minimum atomic E-state index is -0.0533. The number of thiazole rings is 1. The molecule has 0 radical (unpaired) electrons. The molecule has 6 heteroatoms. The molecule has 1 aromatic carbocycles. The van der Waals surface area contributed by atoms with Crippen LogP contribution in [-0.4, -0.2) is 17.9 Å². The van der Waals surface area contributed by atoms with Gasteiger partial charge >= 0.3 is 0 Å². The third kappa shape index (κ3) is 2.80. The van der Waals surface area contributed by atoms with Crippen LogP contribution in [0.25, 0.3) is 10.6 Å². The first-order valence-electron chi connectivity index (χ1n) is 5.30. The van der Waals surface area contributed by atoms with Crippen molar-refractivity contribution in [3.63, 3.8) is 0 Å². The highest BCUT2D eigenvalue weighted by molar-refractivity contribution is 7.13. The number of anilines is 1. The summed E-state index contributed by atoms with van der Waals surface area (Å²) in [6.45, 7) is 0. The molecule has 0 aliphatic heterocycles. The third-order valence-corrected chi connectivity index (χ3v) is 3.70. The number of hydrogen-bond acceptors (Lipinski definition) is 4. The van der Waals surface area contributed by atoms with Crippen molar-refractivity contribution < 1.29 is 4.79 Å². The van der Waals surface area contributed by atoms with Crippen molar-refractivity contribution in [2.24, 2.45) is 0 Å². The summed E-state index contributed by atoms with van der Waals surface area (Å²) in [5.41, 5.74) is 7.93. The van der Waals surface area contributed by atoms with Gasteiger partial charge in [0.15, 0.2) is 0 Å². The van der Waals surface area contributed by atoms with E-state index in [0.29, 0.717) is 10.7 Å². The molecule has 1 heterocycles. The normalized spacial score (nSPS) is 10.3. The number of nitrogens with one attached hydrogen (secondary N) is 1. The monoisotopic (exact) mass is 281 g/mol. The van der Waals surface area contributed by atoms with Gasteiger partial charge < -0.3 is 11.1 Å². The van der Waals surface area contributed by atoms with Gasteiger partial charge in [0, 0.05) is 18.0 Å². The van der Waals surface area contributed by atoms with Gasteiger partial charge in [-0.15, -0.1) is 11.3 Å². The first-order chi connectivity index (χ1) is 8.60. The van der Waals surface area contributed by atoms with Crippen molar-refractivity contribution in [1.29, 1.82) is 0 Å². The Balaban J connectivity index is 2.23. The molecule has 0 saturated carbocycles. The largest absolute Gasteiger partial charge is 0.398 e. The number of halogens is 1. The molecule has 0 atom stereocenters. The predicted molar refractivity (Wildman–Crippen MR) is 74.7 cm³/mol. The number of nitrogens with two attached hydrogens (primary N) is 1. The van der Waals surface area contributed by atoms with Crippen LogP contribution < -0.4 is 11.1 Å². The van der Waals surface area contributed by atoms with Crippen molar-refractivity contribution in [3.05, 3.63) is 34.3 Å². The molecular formula is C12H12ClN3OS. The molecule has 0 aliphatic carbocycles. The second-order valence-corrected chi connectivity index (χ2v) is 5.00. The molecule has 0 spiro atoms. The summed E-state index contributed by atoms with van der Waals surface area (Å²) < 4.78 is 0. The van der Waals surface area contributed by atoms with Gasteiger partial charge in [-0.05, 0) is 12.1 Å². The van der Waals surface area contributed by atoms with Crippen LogP contribution in [0.4, 0.5) is 5.69 Å². The van der Waals surface area contributed by atoms with E-state index in [0.717, 1.165) is 16.3 Å². The Morgan fingerprint density at radius 2 is 2.33 bits per heavy atom. The molecule has 4 nitrogen and oxygen atoms in total. The summed E-state index contributed by atoms with van der Waals surface area (Å²) in [5, 5.41) is 5.80. The number of carbonyl (C=O) groups excluding carboxylic acids is 1. The molecule has 1 aromatic heterocycles. The second-order valence-electron chi connectivity index (χ2n) is 3.73. The zero-order valence-electron chi connectivity index (χ0n) is 9.74. The number of benzene rings is 1. The molecule has 0 unspecified atom stereocenters. The van der Waals surface area contributed by atoms with E-state index in [1.54, 1.807) is 19.2 Å². The molecule has 0 fully saturated rings. The number of amides is 1. The van der Waals surface area contributed by atoms with E-state index >= 15 is 0 Å². The summed E-state index contributed by atoms with van der Waals surface area (Å²) >= 11 is 7.35. The van der Waals surface area contributed by atoms with Crippen LogP contribution in [-0.2, 0) is 11.2 Å². The maximum atomic E-state index is 11.2. The molecule has 2 aromatic rings. The quantitative estimate of drug-likeness (QED) is 0.849. The van der Waals surface area contributed by atoms with Gasteiger partial charge in [-0.2, -0.15) is 0 Å². The van der Waals surface area contributed by atoms with E-state index in [2.05, 4.69) is 10.3 Å². The third-order valence-electron chi connectivity index (χ3n) is 2.42. The van der Waals surface area contributed by atoms with Gasteiger partial charge in [0.2, 0.25) is 5.91 Å². The molecule has 3 N–H and O–H groups in total. The number of carbonyl (C=O) groups is 1. The number of aromatic nitrogens is 1. The van der Waals surface area contributed by atoms with Gasteiger partial charge in [0.25, 0.3) is 0 Å². The number of rotatable bonds is 3. The molecular weight excluding hydrogens is 270 g/mol. The fraction of sp³-hybridized carbons (Fsp3) is 0.167. The number of hydrogen-bond donors (Lipinski definition) is 2. The van der Waals surface area contributed by atoms with E-state index < -0.39 is 0 Å². The Bertz CT molecular complexity index is 582. The van der Waals surface area contributed by atoms with E-state index in [4.69, 9.17) is 17.3 Å². The predicted octanol–water partition coefficient (Wildman–Crippen LogP) is 2.33. The van der Waals surface area contributed by atoms with Crippen molar-refractivity contribution in [2.75, 3.05) is 12.8 Å². The zero-order valence-corrected chi connectivity index (χ0v) is 11.3. The molecule has 1 amide bonds. The lowest BCUT2D eigenvalue weighted by molar-refractivity contribution is -0.120. The fourth-order valence-electron chi connectivity index (χ4n) is 1.45. The molecule has 94 valence electrons. The van der Waals surface area contributed by atoms with Crippen molar-refractivity contribution >= 4 is 34.5 Å². The van der Waals surface area contributed by atoms with Crippen LogP contribution in [0.5, 0.6) is 0 Å². The fourth-order valence-corrected chi connectivity index (χ4v) is 2.38. The molecule has 0 bridgehead atoms. The first-order valence-corrected chi connectivity index (χ1v) is 6.56. The van der Waals surface area contributed by atoms with Gasteiger partial charge in [0.1, 0.15) is 5.01 Å². The Morgan fingerprint density at radius 3 is 3.00 bits per heavy atom. The Labute approximate surface area is 114 Å². The SMILES string of the molecule is CNC(=O)Cc1csc(-c2ccc(Cl)c(N)c2)n1. The Hall–Kier alpha value is -1.59. The minimum Gasteiger partial charge on any atom is -0.398 e. The summed E-state index contributed by atoms with van der Waals surface area (Å²) in [7, 11) is 1.61. The number of likely N-dealkylation sites (N-methyl/N-ethyl adjacent to an activating group) is 1. The van der Waals surface area contributed by atoms with Gasteiger partial charge in [-0.3, -0.25) is 4.79 Å². The lowest BCUT2D eigenvalue weighted by atomic mass is 10.2. The van der Waals surface area contributed by atoms with Crippen LogP contribution in [0.3, 0.4) is 0 Å². The van der Waals surface area contributed by atoms with Crippen molar-refractivity contribution in [3.8, 4) is 10.6 Å². The average Bonchev–Trinajstić information content (AvgIpc) is 2.81. The number of nitrogens with zero attached hydrogens (tertiary/aromatic N) is 1. The Morgan fingerprint density at radius 1 is 1.56 bits per heavy atom. The summed E-state index contributed by atoms with van der Waals surface area (Å²) in [6.07, 6.45) is 0.288. The van der Waals surface area contributed by atoms with Crippen molar-refractivity contribution in [2.45, 2.75) is 6.42 Å². The summed E-state index contributed by atoms with van der Waals surface area (Å²) in [5.74, 6) is -0.0533. The van der Waals surface area contributed by atoms with Crippen LogP contribution in [0.2, 0.25) is 5.02 Å². The highest BCUT2D eigenvalue weighted by atomic mass is 35.5. The average molecular weight is 282 g/mol. The molecule has 18 heavy (non-hydrogen) atoms. The van der Waals surface area contributed by atoms with E-state index in [1.165, 1.54) is 11.3 Å². The highest BCUT2D eigenvalue weighted by Crippen LogP contribution is 2.29. The maximum absolute atomic E-state index is 11.2. The smallest absolute Gasteiger partial charge is 0.225 e. The number of nitrogen functional groups attached to an aromatic ring is 1. The zero-order chi connectivity index (χ0) is 13.1. The van der Waals surface area contributed by atoms with Crippen LogP contribution in [0.1, 0.15) is 5.69 Å². The van der Waals surface area contributed by atoms with E-state index in [-0.39, 0.29) is 12.3 Å². The topological polar surface area (TPSA) is 68.0 Å². The first kappa shape index (κ1) is 12.9. The van der Waals surface area contributed by atoms with Gasteiger partial charge in [0.05, 0.1) is 22.8 Å². The summed E-state index contributed by atoms with van der Waals surface area (Å²) in [4.78, 5) is 15.6. The lowest BCUT2D eigenvalue weighted by Crippen LogP contribution is -2.19. The summed E-state index contributed by atoms with van der Waals surface area (Å²) in [6, 6.07) is 5.39.